The second-order valence-corrected chi connectivity index (χ2v) is 4.76. The van der Waals surface area contributed by atoms with Crippen LogP contribution in [0, 0.1) is 6.92 Å². The van der Waals surface area contributed by atoms with E-state index in [9.17, 15) is 14.7 Å². The van der Waals surface area contributed by atoms with Gasteiger partial charge in [0.1, 0.15) is 11.8 Å². The van der Waals surface area contributed by atoms with Gasteiger partial charge in [0, 0.05) is 19.6 Å². The molecule has 1 aromatic carbocycles. The molecule has 2 N–H and O–H groups in total. The van der Waals surface area contributed by atoms with E-state index in [4.69, 9.17) is 4.74 Å². The number of carboxylic acids is 1. The first-order valence-corrected chi connectivity index (χ1v) is 6.43. The van der Waals surface area contributed by atoms with Gasteiger partial charge in [-0.2, -0.15) is 0 Å². The third kappa shape index (κ3) is 2.75. The molecule has 1 heterocycles. The molecule has 6 nitrogen and oxygen atoms in total. The van der Waals surface area contributed by atoms with Gasteiger partial charge in [0.05, 0.1) is 12.7 Å². The minimum Gasteiger partial charge on any atom is -0.496 e. The molecule has 1 aliphatic heterocycles. The fourth-order valence-corrected chi connectivity index (χ4v) is 2.31. The van der Waals surface area contributed by atoms with E-state index < -0.39 is 12.0 Å². The largest absolute Gasteiger partial charge is 0.496 e. The number of amides is 1. The van der Waals surface area contributed by atoms with Gasteiger partial charge in [0.15, 0.2) is 0 Å². The molecule has 1 unspecified atom stereocenters. The Morgan fingerprint density at radius 1 is 1.45 bits per heavy atom. The normalized spacial score (nSPS) is 18.7. The maximum Gasteiger partial charge on any atom is 0.327 e. The number of carbonyl (C=O) groups excluding carboxylic acids is 1. The Morgan fingerprint density at radius 2 is 2.20 bits per heavy atom. The summed E-state index contributed by atoms with van der Waals surface area (Å²) < 4.78 is 5.20. The summed E-state index contributed by atoms with van der Waals surface area (Å²) in [5.74, 6) is -0.847. The topological polar surface area (TPSA) is 78.9 Å². The predicted octanol–water partition coefficient (Wildman–Crippen LogP) is 0.502. The van der Waals surface area contributed by atoms with E-state index in [2.05, 4.69) is 5.32 Å². The Bertz CT molecular complexity index is 530. The van der Waals surface area contributed by atoms with Crippen molar-refractivity contribution < 1.29 is 19.4 Å². The maximum absolute atomic E-state index is 12.6. The van der Waals surface area contributed by atoms with Crippen LogP contribution in [0.5, 0.6) is 5.75 Å². The van der Waals surface area contributed by atoms with Gasteiger partial charge >= 0.3 is 5.97 Å². The monoisotopic (exact) mass is 278 g/mol. The van der Waals surface area contributed by atoms with Crippen molar-refractivity contribution in [1.82, 2.24) is 10.2 Å². The Morgan fingerprint density at radius 3 is 2.85 bits per heavy atom. The van der Waals surface area contributed by atoms with Crippen molar-refractivity contribution in [2.75, 3.05) is 26.7 Å². The second-order valence-electron chi connectivity index (χ2n) is 4.76. The van der Waals surface area contributed by atoms with Crippen LogP contribution in [0.4, 0.5) is 0 Å². The second kappa shape index (κ2) is 5.92. The molecule has 0 aliphatic carbocycles. The fraction of sp³-hybridized carbons (Fsp3) is 0.429. The van der Waals surface area contributed by atoms with E-state index in [1.165, 1.54) is 12.0 Å². The summed E-state index contributed by atoms with van der Waals surface area (Å²) in [6.07, 6.45) is 0. The molecule has 20 heavy (non-hydrogen) atoms. The van der Waals surface area contributed by atoms with Gasteiger partial charge in [-0.25, -0.2) is 4.79 Å². The van der Waals surface area contributed by atoms with E-state index in [-0.39, 0.29) is 12.5 Å². The van der Waals surface area contributed by atoms with Crippen molar-refractivity contribution in [3.63, 3.8) is 0 Å². The number of carboxylic acid groups (broad SMARTS) is 1. The molecule has 0 aromatic heterocycles. The van der Waals surface area contributed by atoms with E-state index in [0.717, 1.165) is 5.56 Å². The van der Waals surface area contributed by atoms with Crippen LogP contribution in [0.25, 0.3) is 0 Å². The highest BCUT2D eigenvalue weighted by Crippen LogP contribution is 2.22. The van der Waals surface area contributed by atoms with Gasteiger partial charge in [-0.1, -0.05) is 11.6 Å². The fourth-order valence-electron chi connectivity index (χ4n) is 2.31. The number of nitrogens with zero attached hydrogens (tertiary/aromatic N) is 1. The summed E-state index contributed by atoms with van der Waals surface area (Å²) in [4.78, 5) is 25.2. The minimum atomic E-state index is -1.00. The number of ether oxygens (including phenoxy) is 1. The smallest absolute Gasteiger partial charge is 0.327 e. The van der Waals surface area contributed by atoms with Crippen LogP contribution in [0.2, 0.25) is 0 Å². The highest BCUT2D eigenvalue weighted by molar-refractivity contribution is 5.99. The maximum atomic E-state index is 12.6. The summed E-state index contributed by atoms with van der Waals surface area (Å²) in [7, 11) is 1.49. The van der Waals surface area contributed by atoms with Gasteiger partial charge in [-0.05, 0) is 19.1 Å². The molecular formula is C14H18N2O4. The molecule has 6 heteroatoms. The van der Waals surface area contributed by atoms with Crippen LogP contribution in [-0.4, -0.2) is 54.7 Å². The lowest BCUT2D eigenvalue weighted by Crippen LogP contribution is -2.57. The number of hydrogen-bond acceptors (Lipinski definition) is 4. The molecule has 2 rings (SSSR count). The molecule has 1 saturated heterocycles. The minimum absolute atomic E-state index is 0.259. The number of piperazine rings is 1. The molecule has 1 aliphatic rings. The summed E-state index contributed by atoms with van der Waals surface area (Å²) in [5, 5.41) is 12.2. The molecule has 0 bridgehead atoms. The number of methoxy groups -OCH3 is 1. The SMILES string of the molecule is COc1ccc(C)cc1C(=O)N1CCNCC1C(=O)O. The summed E-state index contributed by atoms with van der Waals surface area (Å²) in [5.41, 5.74) is 1.33. The lowest BCUT2D eigenvalue weighted by molar-refractivity contribution is -0.142. The molecule has 1 fully saturated rings. The molecule has 1 amide bonds. The number of hydrogen-bond donors (Lipinski definition) is 2. The standard InChI is InChI=1S/C14H18N2O4/c1-9-3-4-12(20-2)10(7-9)13(17)16-6-5-15-8-11(16)14(18)19/h3-4,7,11,15H,5-6,8H2,1-2H3,(H,18,19). The number of aryl methyl sites for hydroxylation is 1. The third-order valence-electron chi connectivity index (χ3n) is 3.37. The molecule has 1 atom stereocenters. The number of carbonyl (C=O) groups is 2. The lowest BCUT2D eigenvalue weighted by atomic mass is 10.1. The van der Waals surface area contributed by atoms with E-state index in [1.807, 2.05) is 13.0 Å². The Hall–Kier alpha value is -2.08. The number of rotatable bonds is 3. The van der Waals surface area contributed by atoms with Gasteiger partial charge in [0.2, 0.25) is 0 Å². The van der Waals surface area contributed by atoms with Gasteiger partial charge < -0.3 is 20.1 Å². The summed E-state index contributed by atoms with van der Waals surface area (Å²) >= 11 is 0. The lowest BCUT2D eigenvalue weighted by Gasteiger charge is -2.33. The van der Waals surface area contributed by atoms with E-state index in [1.54, 1.807) is 12.1 Å². The molecule has 0 saturated carbocycles. The van der Waals surface area contributed by atoms with Gasteiger partial charge in [-0.3, -0.25) is 4.79 Å². The van der Waals surface area contributed by atoms with Crippen molar-refractivity contribution in [1.29, 1.82) is 0 Å². The molecule has 0 spiro atoms. The van der Waals surface area contributed by atoms with Crippen molar-refractivity contribution >= 4 is 11.9 Å². The van der Waals surface area contributed by atoms with Crippen LogP contribution in [0.1, 0.15) is 15.9 Å². The molecular weight excluding hydrogens is 260 g/mol. The van der Waals surface area contributed by atoms with Crippen LogP contribution in [0.15, 0.2) is 18.2 Å². The van der Waals surface area contributed by atoms with Crippen LogP contribution >= 0.6 is 0 Å². The predicted molar refractivity (Wildman–Crippen MR) is 73.1 cm³/mol. The van der Waals surface area contributed by atoms with E-state index in [0.29, 0.717) is 24.4 Å². The molecule has 108 valence electrons. The van der Waals surface area contributed by atoms with Crippen molar-refractivity contribution in [2.45, 2.75) is 13.0 Å². The average Bonchev–Trinajstić information content (AvgIpc) is 2.46. The van der Waals surface area contributed by atoms with Crippen LogP contribution in [0.3, 0.4) is 0 Å². The van der Waals surface area contributed by atoms with Crippen molar-refractivity contribution in [3.05, 3.63) is 29.3 Å². The zero-order chi connectivity index (χ0) is 14.7. The number of nitrogens with one attached hydrogen (secondary N) is 1. The summed E-state index contributed by atoms with van der Waals surface area (Å²) in [6.45, 7) is 3.09. The first-order valence-electron chi connectivity index (χ1n) is 6.43. The first-order chi connectivity index (χ1) is 9.54. The number of benzene rings is 1. The van der Waals surface area contributed by atoms with E-state index >= 15 is 0 Å². The highest BCUT2D eigenvalue weighted by atomic mass is 16.5. The average molecular weight is 278 g/mol. The first kappa shape index (κ1) is 14.3. The van der Waals surface area contributed by atoms with Crippen LogP contribution in [-0.2, 0) is 4.79 Å². The Kier molecular flexibility index (Phi) is 4.24. The Labute approximate surface area is 117 Å². The highest BCUT2D eigenvalue weighted by Gasteiger charge is 2.33. The summed E-state index contributed by atoms with van der Waals surface area (Å²) in [6, 6.07) is 4.45. The van der Waals surface area contributed by atoms with Gasteiger partial charge in [0.25, 0.3) is 5.91 Å². The van der Waals surface area contributed by atoms with Crippen molar-refractivity contribution in [3.8, 4) is 5.75 Å². The quantitative estimate of drug-likeness (QED) is 0.842. The van der Waals surface area contributed by atoms with Crippen LogP contribution < -0.4 is 10.1 Å². The molecule has 1 aromatic rings. The number of aliphatic carboxylic acids is 1. The van der Waals surface area contributed by atoms with Gasteiger partial charge in [-0.15, -0.1) is 0 Å². The zero-order valence-corrected chi connectivity index (χ0v) is 11.5. The van der Waals surface area contributed by atoms with Crippen molar-refractivity contribution in [2.24, 2.45) is 0 Å². The molecule has 0 radical (unpaired) electrons. The zero-order valence-electron chi connectivity index (χ0n) is 11.5. The third-order valence-corrected chi connectivity index (χ3v) is 3.37. The Balaban J connectivity index is 2.34.